The van der Waals surface area contributed by atoms with Gasteiger partial charge in [-0.1, -0.05) is 20.8 Å². The molecule has 1 aliphatic heterocycles. The summed E-state index contributed by atoms with van der Waals surface area (Å²) in [6, 6.07) is 0.671. The molecule has 2 rings (SSSR count). The van der Waals surface area contributed by atoms with E-state index in [-0.39, 0.29) is 0 Å². The van der Waals surface area contributed by atoms with Crippen LogP contribution in [-0.4, -0.2) is 47.8 Å². The van der Waals surface area contributed by atoms with Gasteiger partial charge < -0.3 is 15.3 Å². The van der Waals surface area contributed by atoms with Crippen molar-refractivity contribution >= 4 is 0 Å². The standard InChI is InChI=1S/C18H36N2O/c1-5-10-19-16-7-9-17(2,3)12-15(16)13-20-11-6-8-18(4,21)14-20/h15-16,19,21H,5-14H2,1-4H3. The van der Waals surface area contributed by atoms with E-state index in [9.17, 15) is 5.11 Å². The zero-order valence-electron chi connectivity index (χ0n) is 14.6. The van der Waals surface area contributed by atoms with Crippen molar-refractivity contribution in [2.24, 2.45) is 11.3 Å². The molecule has 21 heavy (non-hydrogen) atoms. The zero-order chi connectivity index (χ0) is 15.5. The summed E-state index contributed by atoms with van der Waals surface area (Å²) < 4.78 is 0. The van der Waals surface area contributed by atoms with Crippen molar-refractivity contribution in [2.45, 2.75) is 77.9 Å². The number of likely N-dealkylation sites (tertiary alicyclic amines) is 1. The van der Waals surface area contributed by atoms with Gasteiger partial charge in [-0.05, 0) is 69.9 Å². The third-order valence-corrected chi connectivity index (χ3v) is 5.42. The molecular formula is C18H36N2O. The molecule has 3 atom stereocenters. The number of hydrogen-bond donors (Lipinski definition) is 2. The van der Waals surface area contributed by atoms with Crippen molar-refractivity contribution in [1.82, 2.24) is 10.2 Å². The Balaban J connectivity index is 1.95. The predicted molar refractivity (Wildman–Crippen MR) is 89.5 cm³/mol. The Labute approximate surface area is 131 Å². The molecule has 1 aliphatic carbocycles. The van der Waals surface area contributed by atoms with E-state index in [1.54, 1.807) is 0 Å². The van der Waals surface area contributed by atoms with E-state index in [0.717, 1.165) is 44.9 Å². The number of β-amino-alcohol motifs (C(OH)–C–C–N with tert-alkyl or cyclic N) is 1. The number of hydrogen-bond acceptors (Lipinski definition) is 3. The Kier molecular flexibility index (Phi) is 5.72. The number of rotatable bonds is 5. The van der Waals surface area contributed by atoms with Gasteiger partial charge in [0.25, 0.3) is 0 Å². The van der Waals surface area contributed by atoms with Crippen LogP contribution < -0.4 is 5.32 Å². The third-order valence-electron chi connectivity index (χ3n) is 5.42. The Morgan fingerprint density at radius 2 is 2.00 bits per heavy atom. The van der Waals surface area contributed by atoms with Crippen LogP contribution in [0.15, 0.2) is 0 Å². The number of nitrogens with one attached hydrogen (secondary N) is 1. The zero-order valence-corrected chi connectivity index (χ0v) is 14.6. The van der Waals surface area contributed by atoms with E-state index in [1.165, 1.54) is 25.7 Å². The van der Waals surface area contributed by atoms with Gasteiger partial charge >= 0.3 is 0 Å². The molecule has 2 N–H and O–H groups in total. The van der Waals surface area contributed by atoms with Crippen LogP contribution >= 0.6 is 0 Å². The Morgan fingerprint density at radius 3 is 2.67 bits per heavy atom. The van der Waals surface area contributed by atoms with Gasteiger partial charge in [0.1, 0.15) is 0 Å². The molecule has 3 nitrogen and oxygen atoms in total. The van der Waals surface area contributed by atoms with E-state index in [0.29, 0.717) is 11.5 Å². The molecule has 0 spiro atoms. The summed E-state index contributed by atoms with van der Waals surface area (Å²) >= 11 is 0. The van der Waals surface area contributed by atoms with Gasteiger partial charge in [0, 0.05) is 19.1 Å². The highest BCUT2D eigenvalue weighted by Crippen LogP contribution is 2.39. The maximum absolute atomic E-state index is 10.3. The highest BCUT2D eigenvalue weighted by Gasteiger charge is 2.37. The van der Waals surface area contributed by atoms with Crippen molar-refractivity contribution in [3.8, 4) is 0 Å². The minimum Gasteiger partial charge on any atom is -0.389 e. The molecule has 2 aliphatic rings. The summed E-state index contributed by atoms with van der Waals surface area (Å²) in [6.45, 7) is 13.4. The fraction of sp³-hybridized carbons (Fsp3) is 1.00. The molecule has 1 heterocycles. The smallest absolute Gasteiger partial charge is 0.0746 e. The second kappa shape index (κ2) is 6.97. The maximum atomic E-state index is 10.3. The molecule has 3 unspecified atom stereocenters. The molecule has 1 saturated carbocycles. The van der Waals surface area contributed by atoms with Crippen LogP contribution in [0.4, 0.5) is 0 Å². The highest BCUT2D eigenvalue weighted by atomic mass is 16.3. The van der Waals surface area contributed by atoms with Gasteiger partial charge in [0.05, 0.1) is 5.60 Å². The molecule has 0 aromatic rings. The second-order valence-corrected chi connectivity index (χ2v) is 8.56. The Bertz CT molecular complexity index is 327. The molecule has 3 heteroatoms. The average Bonchev–Trinajstić information content (AvgIpc) is 2.36. The number of nitrogens with zero attached hydrogens (tertiary/aromatic N) is 1. The van der Waals surface area contributed by atoms with Gasteiger partial charge in [0.15, 0.2) is 0 Å². The predicted octanol–water partition coefficient (Wildman–Crippen LogP) is 3.03. The largest absolute Gasteiger partial charge is 0.389 e. The van der Waals surface area contributed by atoms with Crippen LogP contribution in [0.5, 0.6) is 0 Å². The van der Waals surface area contributed by atoms with Crippen LogP contribution in [0.2, 0.25) is 0 Å². The monoisotopic (exact) mass is 296 g/mol. The minimum absolute atomic E-state index is 0.477. The van der Waals surface area contributed by atoms with Crippen molar-refractivity contribution in [1.29, 1.82) is 0 Å². The van der Waals surface area contributed by atoms with E-state index in [4.69, 9.17) is 0 Å². The Morgan fingerprint density at radius 1 is 1.24 bits per heavy atom. The molecule has 124 valence electrons. The van der Waals surface area contributed by atoms with Gasteiger partial charge in [-0.3, -0.25) is 0 Å². The summed E-state index contributed by atoms with van der Waals surface area (Å²) in [7, 11) is 0. The Hall–Kier alpha value is -0.120. The van der Waals surface area contributed by atoms with Crippen LogP contribution in [0.25, 0.3) is 0 Å². The molecule has 0 radical (unpaired) electrons. The van der Waals surface area contributed by atoms with Crippen LogP contribution in [-0.2, 0) is 0 Å². The lowest BCUT2D eigenvalue weighted by Crippen LogP contribution is -2.52. The quantitative estimate of drug-likeness (QED) is 0.818. The highest BCUT2D eigenvalue weighted by molar-refractivity contribution is 4.92. The molecule has 2 fully saturated rings. The van der Waals surface area contributed by atoms with E-state index in [1.807, 2.05) is 6.92 Å². The lowest BCUT2D eigenvalue weighted by Gasteiger charge is -2.45. The molecule has 0 amide bonds. The first-order valence-corrected chi connectivity index (χ1v) is 8.99. The van der Waals surface area contributed by atoms with E-state index in [2.05, 4.69) is 31.0 Å². The lowest BCUT2D eigenvalue weighted by molar-refractivity contribution is -0.0267. The second-order valence-electron chi connectivity index (χ2n) is 8.56. The first-order chi connectivity index (χ1) is 9.81. The molecule has 0 aromatic heterocycles. The number of piperidine rings is 1. The molecule has 0 bridgehead atoms. The first-order valence-electron chi connectivity index (χ1n) is 8.99. The minimum atomic E-state index is -0.477. The van der Waals surface area contributed by atoms with Crippen molar-refractivity contribution in [3.63, 3.8) is 0 Å². The van der Waals surface area contributed by atoms with Crippen molar-refractivity contribution in [3.05, 3.63) is 0 Å². The van der Waals surface area contributed by atoms with Crippen molar-refractivity contribution in [2.75, 3.05) is 26.2 Å². The van der Waals surface area contributed by atoms with Crippen LogP contribution in [0, 0.1) is 11.3 Å². The fourth-order valence-electron chi connectivity index (χ4n) is 4.34. The normalized spacial score (nSPS) is 37.6. The van der Waals surface area contributed by atoms with Crippen LogP contribution in [0.3, 0.4) is 0 Å². The van der Waals surface area contributed by atoms with Crippen molar-refractivity contribution < 1.29 is 5.11 Å². The lowest BCUT2D eigenvalue weighted by atomic mass is 9.69. The summed E-state index contributed by atoms with van der Waals surface area (Å²) in [6.07, 6.45) is 7.26. The van der Waals surface area contributed by atoms with E-state index >= 15 is 0 Å². The van der Waals surface area contributed by atoms with Gasteiger partial charge in [0.2, 0.25) is 0 Å². The van der Waals surface area contributed by atoms with E-state index < -0.39 is 5.60 Å². The molecule has 0 aromatic carbocycles. The first kappa shape index (κ1) is 17.2. The van der Waals surface area contributed by atoms with Gasteiger partial charge in [-0.2, -0.15) is 0 Å². The summed E-state index contributed by atoms with van der Waals surface area (Å²) in [5, 5.41) is 14.1. The molecular weight excluding hydrogens is 260 g/mol. The summed E-state index contributed by atoms with van der Waals surface area (Å²) in [5.74, 6) is 0.731. The van der Waals surface area contributed by atoms with Gasteiger partial charge in [-0.15, -0.1) is 0 Å². The summed E-state index contributed by atoms with van der Waals surface area (Å²) in [5.41, 5.74) is 0.00213. The SMILES string of the molecule is CCCNC1CCC(C)(C)CC1CN1CCCC(C)(O)C1. The molecule has 1 saturated heterocycles. The van der Waals surface area contributed by atoms with Gasteiger partial charge in [-0.25, -0.2) is 0 Å². The summed E-state index contributed by atoms with van der Waals surface area (Å²) in [4.78, 5) is 2.51. The van der Waals surface area contributed by atoms with Crippen LogP contribution in [0.1, 0.15) is 66.2 Å². The number of aliphatic hydroxyl groups is 1. The third kappa shape index (κ3) is 5.22. The topological polar surface area (TPSA) is 35.5 Å². The average molecular weight is 296 g/mol. The maximum Gasteiger partial charge on any atom is 0.0746 e. The fourth-order valence-corrected chi connectivity index (χ4v) is 4.34.